The fraction of sp³-hybridized carbons (Fsp3) is 0.545. The van der Waals surface area contributed by atoms with E-state index in [1.54, 1.807) is 11.3 Å². The van der Waals surface area contributed by atoms with Gasteiger partial charge in [0.1, 0.15) is 6.10 Å². The summed E-state index contributed by atoms with van der Waals surface area (Å²) in [5, 5.41) is 13.2. The van der Waals surface area contributed by atoms with E-state index >= 15 is 0 Å². The SMILES string of the molecule is CCCCC(O[Si](C)(C)C(C)(C)C)c1ccsc1C(O)c1ccccc1. The van der Waals surface area contributed by atoms with Crippen molar-refractivity contribution < 1.29 is 9.53 Å². The summed E-state index contributed by atoms with van der Waals surface area (Å²) >= 11 is 1.63. The molecule has 0 radical (unpaired) electrons. The summed E-state index contributed by atoms with van der Waals surface area (Å²) in [6, 6.07) is 12.1. The highest BCUT2D eigenvalue weighted by atomic mass is 32.1. The van der Waals surface area contributed by atoms with Crippen LogP contribution in [0.1, 0.15) is 75.2 Å². The standard InChI is InChI=1S/C22H34O2SSi/c1-7-8-14-19(24-26(5,6)22(2,3)4)18-15-16-25-21(18)20(23)17-12-10-9-11-13-17/h9-13,15-16,19-20,23H,7-8,14H2,1-6H3. The van der Waals surface area contributed by atoms with E-state index in [2.05, 4.69) is 52.2 Å². The highest BCUT2D eigenvalue weighted by molar-refractivity contribution is 7.10. The first-order chi connectivity index (χ1) is 12.2. The van der Waals surface area contributed by atoms with Gasteiger partial charge in [-0.3, -0.25) is 0 Å². The fourth-order valence-electron chi connectivity index (χ4n) is 2.81. The van der Waals surface area contributed by atoms with Gasteiger partial charge >= 0.3 is 0 Å². The summed E-state index contributed by atoms with van der Waals surface area (Å²) in [5.41, 5.74) is 2.11. The van der Waals surface area contributed by atoms with Crippen LogP contribution in [0.3, 0.4) is 0 Å². The quantitative estimate of drug-likeness (QED) is 0.488. The van der Waals surface area contributed by atoms with Crippen molar-refractivity contribution >= 4 is 19.7 Å². The monoisotopic (exact) mass is 390 g/mol. The van der Waals surface area contributed by atoms with Crippen LogP contribution in [-0.2, 0) is 4.43 Å². The van der Waals surface area contributed by atoms with Crippen molar-refractivity contribution in [2.24, 2.45) is 0 Å². The molecule has 0 saturated heterocycles. The van der Waals surface area contributed by atoms with E-state index in [0.29, 0.717) is 0 Å². The maximum absolute atomic E-state index is 11.0. The molecule has 2 aromatic rings. The van der Waals surface area contributed by atoms with E-state index in [0.717, 1.165) is 29.7 Å². The lowest BCUT2D eigenvalue weighted by atomic mass is 10.00. The number of rotatable bonds is 8. The maximum atomic E-state index is 11.0. The highest BCUT2D eigenvalue weighted by Gasteiger charge is 2.40. The first kappa shape index (κ1) is 21.4. The molecule has 0 fully saturated rings. The molecule has 1 aromatic carbocycles. The minimum atomic E-state index is -1.89. The molecule has 2 unspecified atom stereocenters. The molecule has 0 amide bonds. The molecule has 2 rings (SSSR count). The van der Waals surface area contributed by atoms with Gasteiger partial charge in [0.05, 0.1) is 6.10 Å². The molecule has 0 saturated carbocycles. The van der Waals surface area contributed by atoms with Crippen LogP contribution in [0.15, 0.2) is 41.8 Å². The van der Waals surface area contributed by atoms with Crippen LogP contribution < -0.4 is 0 Å². The number of unbranched alkanes of at least 4 members (excludes halogenated alkanes) is 1. The van der Waals surface area contributed by atoms with E-state index in [4.69, 9.17) is 4.43 Å². The van der Waals surface area contributed by atoms with Crippen LogP contribution in [0.2, 0.25) is 18.1 Å². The van der Waals surface area contributed by atoms with Gasteiger partial charge in [0.25, 0.3) is 0 Å². The van der Waals surface area contributed by atoms with Crippen molar-refractivity contribution in [2.45, 2.75) is 77.3 Å². The zero-order valence-corrected chi connectivity index (χ0v) is 18.9. The van der Waals surface area contributed by atoms with Gasteiger partial charge < -0.3 is 9.53 Å². The Hall–Kier alpha value is -0.943. The fourth-order valence-corrected chi connectivity index (χ4v) is 5.08. The number of aliphatic hydroxyl groups excluding tert-OH is 1. The Morgan fingerprint density at radius 2 is 1.77 bits per heavy atom. The van der Waals surface area contributed by atoms with E-state index in [1.165, 1.54) is 5.56 Å². The lowest BCUT2D eigenvalue weighted by Gasteiger charge is -2.39. The lowest BCUT2D eigenvalue weighted by molar-refractivity contribution is 0.163. The summed E-state index contributed by atoms with van der Waals surface area (Å²) in [6.45, 7) is 13.7. The smallest absolute Gasteiger partial charge is 0.192 e. The summed E-state index contributed by atoms with van der Waals surface area (Å²) in [6.07, 6.45) is 2.77. The first-order valence-electron chi connectivity index (χ1n) is 9.65. The number of thiophene rings is 1. The second kappa shape index (κ2) is 8.83. The van der Waals surface area contributed by atoms with Crippen molar-refractivity contribution in [1.82, 2.24) is 0 Å². The zero-order chi connectivity index (χ0) is 19.4. The Balaban J connectivity index is 2.33. The molecule has 0 spiro atoms. The number of benzene rings is 1. The Morgan fingerprint density at radius 1 is 1.12 bits per heavy atom. The van der Waals surface area contributed by atoms with Crippen LogP contribution in [0.5, 0.6) is 0 Å². The van der Waals surface area contributed by atoms with E-state index in [-0.39, 0.29) is 11.1 Å². The number of hydrogen-bond donors (Lipinski definition) is 1. The minimum absolute atomic E-state index is 0.0652. The second-order valence-electron chi connectivity index (χ2n) is 8.56. The average molecular weight is 391 g/mol. The summed E-state index contributed by atoms with van der Waals surface area (Å²) in [5.74, 6) is 0. The molecule has 0 aliphatic carbocycles. The first-order valence-corrected chi connectivity index (χ1v) is 13.4. The van der Waals surface area contributed by atoms with Gasteiger partial charge in [0.2, 0.25) is 0 Å². The molecule has 2 atom stereocenters. The third-order valence-electron chi connectivity index (χ3n) is 5.50. The largest absolute Gasteiger partial charge is 0.410 e. The van der Waals surface area contributed by atoms with Crippen LogP contribution in [0.25, 0.3) is 0 Å². The Morgan fingerprint density at radius 3 is 2.35 bits per heavy atom. The normalized spacial score (nSPS) is 15.0. The topological polar surface area (TPSA) is 29.5 Å². The van der Waals surface area contributed by atoms with Gasteiger partial charge in [-0.2, -0.15) is 0 Å². The van der Waals surface area contributed by atoms with Crippen LogP contribution in [0, 0.1) is 0 Å². The summed E-state index contributed by atoms with van der Waals surface area (Å²) in [4.78, 5) is 1.02. The van der Waals surface area contributed by atoms with Crippen LogP contribution >= 0.6 is 11.3 Å². The average Bonchev–Trinajstić information content (AvgIpc) is 3.07. The third-order valence-corrected chi connectivity index (χ3v) is 11.0. The maximum Gasteiger partial charge on any atom is 0.192 e. The Labute approximate surface area is 164 Å². The molecular weight excluding hydrogens is 356 g/mol. The molecular formula is C22H34O2SSi. The number of hydrogen-bond acceptors (Lipinski definition) is 3. The van der Waals surface area contributed by atoms with Gasteiger partial charge in [-0.05, 0) is 47.1 Å². The molecule has 144 valence electrons. The predicted molar refractivity (Wildman–Crippen MR) is 115 cm³/mol. The number of aliphatic hydroxyl groups is 1. The predicted octanol–water partition coefficient (Wildman–Crippen LogP) is 7.08. The van der Waals surface area contributed by atoms with Crippen molar-refractivity contribution in [3.05, 3.63) is 57.8 Å². The zero-order valence-electron chi connectivity index (χ0n) is 17.1. The summed E-state index contributed by atoms with van der Waals surface area (Å²) in [7, 11) is -1.89. The van der Waals surface area contributed by atoms with Gasteiger partial charge in [-0.25, -0.2) is 0 Å². The van der Waals surface area contributed by atoms with Crippen molar-refractivity contribution in [2.75, 3.05) is 0 Å². The van der Waals surface area contributed by atoms with Crippen LogP contribution in [-0.4, -0.2) is 13.4 Å². The van der Waals surface area contributed by atoms with Gasteiger partial charge in [-0.15, -0.1) is 11.3 Å². The van der Waals surface area contributed by atoms with Crippen LogP contribution in [0.4, 0.5) is 0 Å². The van der Waals surface area contributed by atoms with Crippen molar-refractivity contribution in [3.8, 4) is 0 Å². The second-order valence-corrected chi connectivity index (χ2v) is 14.3. The molecule has 0 aliphatic rings. The van der Waals surface area contributed by atoms with E-state index in [1.807, 2.05) is 30.3 Å². The molecule has 26 heavy (non-hydrogen) atoms. The van der Waals surface area contributed by atoms with Crippen molar-refractivity contribution in [3.63, 3.8) is 0 Å². The Kier molecular flexibility index (Phi) is 7.25. The molecule has 0 bridgehead atoms. The minimum Gasteiger partial charge on any atom is -0.410 e. The third kappa shape index (κ3) is 5.07. The van der Waals surface area contributed by atoms with E-state index in [9.17, 15) is 5.11 Å². The molecule has 1 aromatic heterocycles. The lowest BCUT2D eigenvalue weighted by Crippen LogP contribution is -2.42. The van der Waals surface area contributed by atoms with Gasteiger partial charge in [-0.1, -0.05) is 70.9 Å². The van der Waals surface area contributed by atoms with Gasteiger partial charge in [0, 0.05) is 4.88 Å². The molecule has 1 N–H and O–H groups in total. The molecule has 0 aliphatic heterocycles. The highest BCUT2D eigenvalue weighted by Crippen LogP contribution is 2.43. The van der Waals surface area contributed by atoms with Gasteiger partial charge in [0.15, 0.2) is 8.32 Å². The molecule has 4 heteroatoms. The van der Waals surface area contributed by atoms with Crippen molar-refractivity contribution in [1.29, 1.82) is 0 Å². The molecule has 1 heterocycles. The molecule has 2 nitrogen and oxygen atoms in total. The van der Waals surface area contributed by atoms with E-state index < -0.39 is 14.4 Å². The summed E-state index contributed by atoms with van der Waals surface area (Å²) < 4.78 is 6.81. The Bertz CT molecular complexity index is 673.